The molecule has 1 aromatic rings. The molecule has 0 aliphatic carbocycles. The number of esters is 1. The Morgan fingerprint density at radius 3 is 2.74 bits per heavy atom. The lowest BCUT2D eigenvalue weighted by molar-refractivity contribution is -0.150. The van der Waals surface area contributed by atoms with Crippen molar-refractivity contribution in [1.82, 2.24) is 5.32 Å². The lowest BCUT2D eigenvalue weighted by Crippen LogP contribution is -2.44. The third kappa shape index (κ3) is 3.46. The number of nitriles is 1. The maximum atomic E-state index is 12.4. The van der Waals surface area contributed by atoms with Crippen LogP contribution in [-0.2, 0) is 14.3 Å². The van der Waals surface area contributed by atoms with E-state index in [4.69, 9.17) is 4.74 Å². The van der Waals surface area contributed by atoms with Crippen molar-refractivity contribution < 1.29 is 14.3 Å². The van der Waals surface area contributed by atoms with Gasteiger partial charge in [-0.3, -0.25) is 9.59 Å². The van der Waals surface area contributed by atoms with Gasteiger partial charge in [0.1, 0.15) is 5.92 Å². The first-order valence-electron chi connectivity index (χ1n) is 6.95. The van der Waals surface area contributed by atoms with E-state index >= 15 is 0 Å². The van der Waals surface area contributed by atoms with Crippen LogP contribution >= 0.6 is 11.8 Å². The van der Waals surface area contributed by atoms with Crippen molar-refractivity contribution in [2.45, 2.75) is 5.92 Å². The fourth-order valence-corrected chi connectivity index (χ4v) is 3.27. The van der Waals surface area contributed by atoms with Crippen LogP contribution in [0.5, 0.6) is 0 Å². The predicted molar refractivity (Wildman–Crippen MR) is 88.1 cm³/mol. The van der Waals surface area contributed by atoms with Crippen LogP contribution in [0.1, 0.15) is 11.5 Å². The van der Waals surface area contributed by atoms with Gasteiger partial charge in [0.25, 0.3) is 0 Å². The molecule has 118 valence electrons. The minimum Gasteiger partial charge on any atom is -0.468 e. The highest BCUT2D eigenvalue weighted by atomic mass is 32.2. The van der Waals surface area contributed by atoms with Crippen molar-refractivity contribution in [3.8, 4) is 6.07 Å². The first-order chi connectivity index (χ1) is 11.1. The first kappa shape index (κ1) is 16.8. The summed E-state index contributed by atoms with van der Waals surface area (Å²) < 4.78 is 4.77. The van der Waals surface area contributed by atoms with E-state index in [0.29, 0.717) is 16.4 Å². The highest BCUT2D eigenvalue weighted by Gasteiger charge is 2.44. The molecule has 1 N–H and O–H groups in total. The number of thioether (sulfide) groups is 1. The van der Waals surface area contributed by atoms with Gasteiger partial charge in [-0.25, -0.2) is 0 Å². The van der Waals surface area contributed by atoms with Crippen molar-refractivity contribution in [2.75, 3.05) is 12.9 Å². The molecule has 1 aliphatic heterocycles. The predicted octanol–water partition coefficient (Wildman–Crippen LogP) is 2.34. The number of carbonyl (C=O) groups excluding carboxylic acids is 2. The van der Waals surface area contributed by atoms with Gasteiger partial charge >= 0.3 is 5.97 Å². The van der Waals surface area contributed by atoms with Gasteiger partial charge in [-0.1, -0.05) is 36.4 Å². The van der Waals surface area contributed by atoms with Gasteiger partial charge in [-0.2, -0.15) is 5.26 Å². The summed E-state index contributed by atoms with van der Waals surface area (Å²) in [6.45, 7) is 3.64. The number of hydrogen-bond donors (Lipinski definition) is 1. The van der Waals surface area contributed by atoms with Gasteiger partial charge < -0.3 is 10.1 Å². The molecule has 0 aromatic heterocycles. The second-order valence-corrected chi connectivity index (χ2v) is 5.86. The van der Waals surface area contributed by atoms with Crippen LogP contribution in [-0.4, -0.2) is 24.7 Å². The number of nitrogens with one attached hydrogen (secondary N) is 1. The average Bonchev–Trinajstić information content (AvgIpc) is 2.59. The molecule has 0 unspecified atom stereocenters. The summed E-state index contributed by atoms with van der Waals surface area (Å²) in [6, 6.07) is 11.2. The standard InChI is InChI=1S/C17H16N2O3S/c1-3-9-23-16-12(10-18)13(11-7-5-4-6-8-11)14(15(20)19-16)17(21)22-2/h3-8,13-14H,1,9H2,2H3,(H,19,20)/t13-,14-/m1/s1. The summed E-state index contributed by atoms with van der Waals surface area (Å²) in [7, 11) is 1.23. The molecule has 0 bridgehead atoms. The summed E-state index contributed by atoms with van der Waals surface area (Å²) in [5.41, 5.74) is 1.09. The molecular weight excluding hydrogens is 312 g/mol. The number of ether oxygens (including phenoxy) is 1. The maximum Gasteiger partial charge on any atom is 0.319 e. The van der Waals surface area contributed by atoms with Crippen molar-refractivity contribution in [1.29, 1.82) is 5.26 Å². The molecular formula is C17H16N2O3S. The Balaban J connectivity index is 2.58. The number of nitrogens with zero attached hydrogens (tertiary/aromatic N) is 1. The molecule has 1 amide bonds. The zero-order chi connectivity index (χ0) is 16.8. The number of rotatable bonds is 5. The fraction of sp³-hybridized carbons (Fsp3) is 0.235. The summed E-state index contributed by atoms with van der Waals surface area (Å²) in [6.07, 6.45) is 1.68. The molecule has 6 heteroatoms. The Kier molecular flexibility index (Phi) is 5.61. The first-order valence-corrected chi connectivity index (χ1v) is 7.94. The summed E-state index contributed by atoms with van der Waals surface area (Å²) in [5, 5.41) is 12.7. The summed E-state index contributed by atoms with van der Waals surface area (Å²) in [5.74, 6) is -2.31. The van der Waals surface area contributed by atoms with Crippen LogP contribution in [0.25, 0.3) is 0 Å². The van der Waals surface area contributed by atoms with Crippen molar-refractivity contribution in [3.05, 3.63) is 59.2 Å². The van der Waals surface area contributed by atoms with Crippen LogP contribution < -0.4 is 5.32 Å². The molecule has 5 nitrogen and oxygen atoms in total. The topological polar surface area (TPSA) is 79.2 Å². The molecule has 0 saturated heterocycles. The molecule has 1 aromatic carbocycles. The Morgan fingerprint density at radius 2 is 2.17 bits per heavy atom. The highest BCUT2D eigenvalue weighted by molar-refractivity contribution is 8.03. The Bertz CT molecular complexity index is 692. The largest absolute Gasteiger partial charge is 0.468 e. The second-order valence-electron chi connectivity index (χ2n) is 4.83. The average molecular weight is 328 g/mol. The normalized spacial score (nSPS) is 20.4. The van der Waals surface area contributed by atoms with E-state index in [9.17, 15) is 14.9 Å². The minimum atomic E-state index is -1.08. The molecule has 2 atom stereocenters. The monoisotopic (exact) mass is 328 g/mol. The van der Waals surface area contributed by atoms with Crippen LogP contribution in [0, 0.1) is 17.2 Å². The van der Waals surface area contributed by atoms with Crippen molar-refractivity contribution >= 4 is 23.6 Å². The number of hydrogen-bond acceptors (Lipinski definition) is 5. The molecule has 2 rings (SSSR count). The minimum absolute atomic E-state index is 0.359. The van der Waals surface area contributed by atoms with Gasteiger partial charge in [0.15, 0.2) is 0 Å². The highest BCUT2D eigenvalue weighted by Crippen LogP contribution is 2.39. The lowest BCUT2D eigenvalue weighted by atomic mass is 9.78. The fourth-order valence-electron chi connectivity index (χ4n) is 2.48. The Labute approximate surface area is 139 Å². The van der Waals surface area contributed by atoms with Gasteiger partial charge in [0.05, 0.1) is 23.8 Å². The molecule has 1 aliphatic rings. The smallest absolute Gasteiger partial charge is 0.319 e. The van der Waals surface area contributed by atoms with Gasteiger partial charge in [-0.05, 0) is 5.56 Å². The third-order valence-corrected chi connectivity index (χ3v) is 4.50. The van der Waals surface area contributed by atoms with Gasteiger partial charge in [0.2, 0.25) is 5.91 Å². The van der Waals surface area contributed by atoms with Crippen molar-refractivity contribution in [3.63, 3.8) is 0 Å². The third-order valence-electron chi connectivity index (χ3n) is 3.49. The number of carbonyl (C=O) groups is 2. The molecule has 0 spiro atoms. The van der Waals surface area contributed by atoms with Crippen LogP contribution in [0.4, 0.5) is 0 Å². The van der Waals surface area contributed by atoms with E-state index in [2.05, 4.69) is 18.0 Å². The molecule has 0 saturated carbocycles. The van der Waals surface area contributed by atoms with Gasteiger partial charge in [-0.15, -0.1) is 18.3 Å². The van der Waals surface area contributed by atoms with Crippen LogP contribution in [0.2, 0.25) is 0 Å². The van der Waals surface area contributed by atoms with Crippen LogP contribution in [0.3, 0.4) is 0 Å². The zero-order valence-electron chi connectivity index (χ0n) is 12.6. The number of allylic oxidation sites excluding steroid dienone is 1. The molecule has 0 fully saturated rings. The van der Waals surface area contributed by atoms with Gasteiger partial charge in [0, 0.05) is 11.7 Å². The van der Waals surface area contributed by atoms with E-state index in [1.54, 1.807) is 18.2 Å². The second kappa shape index (κ2) is 7.65. The van der Waals surface area contributed by atoms with E-state index in [1.165, 1.54) is 18.9 Å². The van der Waals surface area contributed by atoms with E-state index in [1.807, 2.05) is 18.2 Å². The number of benzene rings is 1. The summed E-state index contributed by atoms with van der Waals surface area (Å²) >= 11 is 1.31. The Hall–Kier alpha value is -2.52. The molecule has 1 heterocycles. The Morgan fingerprint density at radius 1 is 1.48 bits per heavy atom. The zero-order valence-corrected chi connectivity index (χ0v) is 13.4. The van der Waals surface area contributed by atoms with E-state index in [0.717, 1.165) is 5.56 Å². The quantitative estimate of drug-likeness (QED) is 0.510. The molecule has 23 heavy (non-hydrogen) atoms. The maximum absolute atomic E-state index is 12.4. The lowest BCUT2D eigenvalue weighted by Gasteiger charge is -2.30. The van der Waals surface area contributed by atoms with Crippen molar-refractivity contribution in [2.24, 2.45) is 5.92 Å². The van der Waals surface area contributed by atoms with E-state index in [-0.39, 0.29) is 0 Å². The number of amides is 1. The van der Waals surface area contributed by atoms with Crippen LogP contribution in [0.15, 0.2) is 53.6 Å². The molecule has 0 radical (unpaired) electrons. The SMILES string of the molecule is C=CCSC1=C(C#N)[C@@H](c2ccccc2)[C@@H](C(=O)OC)C(=O)N1. The van der Waals surface area contributed by atoms with E-state index < -0.39 is 23.7 Å². The summed E-state index contributed by atoms with van der Waals surface area (Å²) in [4.78, 5) is 24.5. The number of methoxy groups -OCH3 is 1.